The van der Waals surface area contributed by atoms with E-state index in [2.05, 4.69) is 9.97 Å². The van der Waals surface area contributed by atoms with Gasteiger partial charge >= 0.3 is 6.18 Å². The van der Waals surface area contributed by atoms with E-state index in [1.54, 1.807) is 6.07 Å². The fourth-order valence-corrected chi connectivity index (χ4v) is 4.00. The average molecular weight is 391 g/mol. The Morgan fingerprint density at radius 2 is 2.00 bits per heavy atom. The molecule has 0 saturated heterocycles. The van der Waals surface area contributed by atoms with Crippen LogP contribution in [0.15, 0.2) is 46.6 Å². The minimum absolute atomic E-state index is 0.165. The maximum Gasteiger partial charge on any atom is 0.416 e. The molecule has 140 valence electrons. The number of hydrogen-bond acceptors (Lipinski definition) is 4. The number of nitrogens with one attached hydrogen (secondary N) is 1. The fraction of sp³-hybridized carbons (Fsp3) is 0.263. The van der Waals surface area contributed by atoms with Crippen molar-refractivity contribution < 1.29 is 13.2 Å². The van der Waals surface area contributed by atoms with E-state index in [9.17, 15) is 18.0 Å². The summed E-state index contributed by atoms with van der Waals surface area (Å²) in [5, 5.41) is 1.90. The standard InChI is InChI=1S/C19H16F3N3OS/c20-19(21,22)14-5-2-1-4-12(14)10-25-8-7-13-15(11-25)23-17(24-18(13)26)16-6-3-9-27-16/h1-6,9H,7-8,10-11H2,(H,23,24,26). The van der Waals surface area contributed by atoms with Gasteiger partial charge in [0.2, 0.25) is 0 Å². The molecule has 1 aliphatic rings. The molecule has 8 heteroatoms. The highest BCUT2D eigenvalue weighted by Gasteiger charge is 2.33. The van der Waals surface area contributed by atoms with E-state index >= 15 is 0 Å². The van der Waals surface area contributed by atoms with Crippen molar-refractivity contribution >= 4 is 11.3 Å². The van der Waals surface area contributed by atoms with Gasteiger partial charge in [0, 0.05) is 25.2 Å². The zero-order valence-corrected chi connectivity index (χ0v) is 15.0. The first kappa shape index (κ1) is 17.9. The largest absolute Gasteiger partial charge is 0.416 e. The van der Waals surface area contributed by atoms with Gasteiger partial charge in [-0.05, 0) is 29.5 Å². The molecule has 27 heavy (non-hydrogen) atoms. The molecule has 0 radical (unpaired) electrons. The van der Waals surface area contributed by atoms with Gasteiger partial charge in [0.05, 0.1) is 16.1 Å². The number of halogens is 3. The Morgan fingerprint density at radius 1 is 1.19 bits per heavy atom. The number of benzene rings is 1. The normalized spacial score (nSPS) is 14.9. The molecule has 0 aliphatic carbocycles. The van der Waals surface area contributed by atoms with Gasteiger partial charge in [-0.15, -0.1) is 11.3 Å². The first-order valence-corrected chi connectivity index (χ1v) is 9.33. The maximum absolute atomic E-state index is 13.2. The highest BCUT2D eigenvalue weighted by atomic mass is 32.1. The Hall–Kier alpha value is -2.45. The molecule has 0 fully saturated rings. The number of alkyl halides is 3. The number of H-pyrrole nitrogens is 1. The minimum atomic E-state index is -4.38. The van der Waals surface area contributed by atoms with Crippen LogP contribution in [0, 0.1) is 0 Å². The van der Waals surface area contributed by atoms with Gasteiger partial charge in [-0.3, -0.25) is 9.69 Å². The number of aromatic nitrogens is 2. The fourth-order valence-electron chi connectivity index (χ4n) is 3.33. The lowest BCUT2D eigenvalue weighted by Crippen LogP contribution is -2.35. The molecule has 2 aromatic heterocycles. The first-order chi connectivity index (χ1) is 12.9. The second-order valence-electron chi connectivity index (χ2n) is 6.43. The molecular formula is C19H16F3N3OS. The third kappa shape index (κ3) is 3.68. The van der Waals surface area contributed by atoms with Crippen molar-refractivity contribution in [2.24, 2.45) is 0 Å². The van der Waals surface area contributed by atoms with E-state index < -0.39 is 11.7 Å². The third-order valence-corrected chi connectivity index (χ3v) is 5.50. The number of hydrogen-bond donors (Lipinski definition) is 1. The number of nitrogens with zero attached hydrogens (tertiary/aromatic N) is 2. The summed E-state index contributed by atoms with van der Waals surface area (Å²) in [6.07, 6.45) is -3.91. The maximum atomic E-state index is 13.2. The number of rotatable bonds is 3. The molecule has 0 bridgehead atoms. The summed E-state index contributed by atoms with van der Waals surface area (Å²) in [7, 11) is 0. The Bertz CT molecular complexity index is 1010. The van der Waals surface area contributed by atoms with Crippen molar-refractivity contribution in [3.05, 3.63) is 74.5 Å². The molecule has 4 nitrogen and oxygen atoms in total. The predicted molar refractivity (Wildman–Crippen MR) is 97.4 cm³/mol. The van der Waals surface area contributed by atoms with Crippen LogP contribution >= 0.6 is 11.3 Å². The average Bonchev–Trinajstić information content (AvgIpc) is 3.15. The molecule has 4 rings (SSSR count). The second-order valence-corrected chi connectivity index (χ2v) is 7.38. The summed E-state index contributed by atoms with van der Waals surface area (Å²) in [4.78, 5) is 22.5. The summed E-state index contributed by atoms with van der Waals surface area (Å²) in [5.74, 6) is 0.506. The molecular weight excluding hydrogens is 375 g/mol. The van der Waals surface area contributed by atoms with Crippen molar-refractivity contribution in [1.29, 1.82) is 0 Å². The Morgan fingerprint density at radius 3 is 2.74 bits per heavy atom. The molecule has 0 atom stereocenters. The Labute approximate surface area is 157 Å². The van der Waals surface area contributed by atoms with Crippen LogP contribution in [0.2, 0.25) is 0 Å². The zero-order valence-electron chi connectivity index (χ0n) is 14.2. The van der Waals surface area contributed by atoms with E-state index in [0.717, 1.165) is 10.9 Å². The van der Waals surface area contributed by atoms with E-state index in [4.69, 9.17) is 0 Å². The van der Waals surface area contributed by atoms with Crippen LogP contribution in [0.4, 0.5) is 13.2 Å². The molecule has 0 saturated carbocycles. The lowest BCUT2D eigenvalue weighted by molar-refractivity contribution is -0.138. The SMILES string of the molecule is O=c1[nH]c(-c2cccs2)nc2c1CCN(Cc1ccccc1C(F)(F)F)C2. The van der Waals surface area contributed by atoms with Gasteiger partial charge in [0.1, 0.15) is 0 Å². The first-order valence-electron chi connectivity index (χ1n) is 8.45. The van der Waals surface area contributed by atoms with Gasteiger partial charge in [-0.2, -0.15) is 13.2 Å². The Balaban J connectivity index is 1.62. The van der Waals surface area contributed by atoms with Crippen LogP contribution < -0.4 is 5.56 Å². The molecule has 3 aromatic rings. The van der Waals surface area contributed by atoms with Gasteiger partial charge in [0.25, 0.3) is 5.56 Å². The van der Waals surface area contributed by atoms with E-state index in [-0.39, 0.29) is 17.7 Å². The van der Waals surface area contributed by atoms with Crippen LogP contribution in [0.1, 0.15) is 22.4 Å². The minimum Gasteiger partial charge on any atom is -0.306 e. The van der Waals surface area contributed by atoms with Crippen LogP contribution in [-0.2, 0) is 25.7 Å². The van der Waals surface area contributed by atoms with Crippen LogP contribution in [-0.4, -0.2) is 21.4 Å². The zero-order chi connectivity index (χ0) is 19.0. The second kappa shape index (κ2) is 6.94. The molecule has 0 unspecified atom stereocenters. The van der Waals surface area contributed by atoms with E-state index in [1.165, 1.54) is 23.5 Å². The summed E-state index contributed by atoms with van der Waals surface area (Å²) in [6, 6.07) is 9.35. The lowest BCUT2D eigenvalue weighted by Gasteiger charge is -2.28. The summed E-state index contributed by atoms with van der Waals surface area (Å²) >= 11 is 1.47. The quantitative estimate of drug-likeness (QED) is 0.732. The van der Waals surface area contributed by atoms with Crippen LogP contribution in [0.25, 0.3) is 10.7 Å². The van der Waals surface area contributed by atoms with Crippen molar-refractivity contribution in [3.63, 3.8) is 0 Å². The molecule has 0 spiro atoms. The summed E-state index contributed by atoms with van der Waals surface area (Å²) in [5.41, 5.74) is 0.706. The van der Waals surface area contributed by atoms with Crippen molar-refractivity contribution in [2.75, 3.05) is 6.54 Å². The highest BCUT2D eigenvalue weighted by molar-refractivity contribution is 7.13. The molecule has 0 amide bonds. The molecule has 3 heterocycles. The van der Waals surface area contributed by atoms with Crippen molar-refractivity contribution in [3.8, 4) is 10.7 Å². The predicted octanol–water partition coefficient (Wildman–Crippen LogP) is 4.08. The molecule has 1 aromatic carbocycles. The van der Waals surface area contributed by atoms with Gasteiger partial charge in [-0.25, -0.2) is 4.98 Å². The van der Waals surface area contributed by atoms with Crippen molar-refractivity contribution in [2.45, 2.75) is 25.7 Å². The molecule has 1 N–H and O–H groups in total. The number of thiophene rings is 1. The third-order valence-electron chi connectivity index (χ3n) is 4.62. The van der Waals surface area contributed by atoms with Crippen molar-refractivity contribution in [1.82, 2.24) is 14.9 Å². The lowest BCUT2D eigenvalue weighted by atomic mass is 10.0. The van der Waals surface area contributed by atoms with E-state index in [0.29, 0.717) is 36.6 Å². The van der Waals surface area contributed by atoms with Gasteiger partial charge in [-0.1, -0.05) is 24.3 Å². The van der Waals surface area contributed by atoms with Gasteiger partial charge < -0.3 is 4.98 Å². The van der Waals surface area contributed by atoms with E-state index in [1.807, 2.05) is 22.4 Å². The topological polar surface area (TPSA) is 49.0 Å². The molecule has 1 aliphatic heterocycles. The van der Waals surface area contributed by atoms with Crippen LogP contribution in [0.5, 0.6) is 0 Å². The summed E-state index contributed by atoms with van der Waals surface area (Å²) in [6.45, 7) is 1.03. The van der Waals surface area contributed by atoms with Gasteiger partial charge in [0.15, 0.2) is 5.82 Å². The van der Waals surface area contributed by atoms with Crippen LogP contribution in [0.3, 0.4) is 0 Å². The number of aromatic amines is 1. The number of fused-ring (bicyclic) bond motifs is 1. The monoisotopic (exact) mass is 391 g/mol. The highest BCUT2D eigenvalue weighted by Crippen LogP contribution is 2.33. The smallest absolute Gasteiger partial charge is 0.306 e. The Kier molecular flexibility index (Phi) is 4.61. The summed E-state index contributed by atoms with van der Waals surface area (Å²) < 4.78 is 39.7.